The fourth-order valence-corrected chi connectivity index (χ4v) is 5.29. The van der Waals surface area contributed by atoms with Gasteiger partial charge in [0.25, 0.3) is 0 Å². The van der Waals surface area contributed by atoms with Gasteiger partial charge in [0, 0.05) is 72.9 Å². The van der Waals surface area contributed by atoms with E-state index in [1.165, 1.54) is 0 Å². The van der Waals surface area contributed by atoms with Crippen LogP contribution in [0.4, 0.5) is 22.0 Å². The van der Waals surface area contributed by atoms with Gasteiger partial charge in [0.15, 0.2) is 17.1 Å². The molecule has 1 aliphatic rings. The summed E-state index contributed by atoms with van der Waals surface area (Å²) in [5.74, 6) is -8.46. The molecular weight excluding hydrogens is 710 g/mol. The number of amides is 1. The van der Waals surface area contributed by atoms with Gasteiger partial charge < -0.3 is 19.1 Å². The van der Waals surface area contributed by atoms with Gasteiger partial charge >= 0.3 is 6.18 Å². The molecule has 1 aromatic heterocycles. The van der Waals surface area contributed by atoms with Crippen LogP contribution in [0.1, 0.15) is 73.4 Å². The molecule has 5 aromatic rings. The van der Waals surface area contributed by atoms with Crippen molar-refractivity contribution in [1.82, 2.24) is 14.4 Å². The predicted molar refractivity (Wildman–Crippen MR) is 198 cm³/mol. The summed E-state index contributed by atoms with van der Waals surface area (Å²) in [5, 5.41) is -2.86. The molecule has 4 aromatic carbocycles. The average Bonchev–Trinajstić information content (AvgIpc) is 3.35. The van der Waals surface area contributed by atoms with Gasteiger partial charge in [-0.1, -0.05) is 60.4 Å². The zero-order chi connectivity index (χ0) is 62.4. The molecule has 6 nitrogen and oxygen atoms in total. The number of hydrogen-bond donors (Lipinski definition) is 0. The summed E-state index contributed by atoms with van der Waals surface area (Å²) >= 11 is -0.254. The van der Waals surface area contributed by atoms with E-state index in [1.807, 2.05) is 0 Å². The van der Waals surface area contributed by atoms with Crippen LogP contribution in [0.2, 0.25) is 0 Å². The monoisotopic (exact) mass is 777 g/mol. The van der Waals surface area contributed by atoms with Crippen molar-refractivity contribution in [2.24, 2.45) is 0 Å². The van der Waals surface area contributed by atoms with Crippen molar-refractivity contribution in [1.29, 1.82) is 0 Å². The number of ether oxygens (including phenoxy) is 1. The predicted octanol–water partition coefficient (Wildman–Crippen LogP) is 8.71. The first kappa shape index (κ1) is 16.5. The van der Waals surface area contributed by atoms with Crippen LogP contribution in [0.15, 0.2) is 100 Å². The Balaban J connectivity index is 1.84. The Morgan fingerprint density at radius 1 is 1.02 bits per heavy atom. The van der Waals surface area contributed by atoms with Crippen molar-refractivity contribution in [2.45, 2.75) is 55.6 Å². The Morgan fingerprint density at radius 3 is 2.45 bits per heavy atom. The number of thioether (sulfide) groups is 1. The molecule has 1 amide bonds. The molecule has 0 aliphatic carbocycles. The highest BCUT2D eigenvalue weighted by molar-refractivity contribution is 7.98. The number of carbonyl (C=O) groups is 1. The summed E-state index contributed by atoms with van der Waals surface area (Å²) in [6, 6.07) is -28.0. The second-order valence-corrected chi connectivity index (χ2v) is 11.4. The summed E-state index contributed by atoms with van der Waals surface area (Å²) in [6.45, 7) is -19.5. The van der Waals surface area contributed by atoms with Crippen LogP contribution in [0, 0.1) is 18.6 Å². The normalized spacial score (nSPS) is 26.7. The summed E-state index contributed by atoms with van der Waals surface area (Å²) in [7, 11) is 0.976. The lowest BCUT2D eigenvalue weighted by atomic mass is 9.98. The van der Waals surface area contributed by atoms with Crippen molar-refractivity contribution >= 4 is 28.6 Å². The standard InChI is InChI=1S/C41H40F5N3O3S/c1-27-22-30(14-15-34(27)41(44,45)46)29-12-10-28(11-13-29)24-48(32-16-18-47(19-17-32)20-21-52-2)38(51)25-49-36-9-4-3-7-33(36)37(50)23-39(49)53-26-31-6-5-8-35(42)40(31)43/h3-15,22-23,32H,16-21,24-26H2,1-2H3/i3D,4D,5D,6D,7D,8D,9D,10D,11D,12D,13D,14D,15D,16D2,17D2,18D2,19D2,22D,23D,24D2,25D2,32D. The highest BCUT2D eigenvalue weighted by atomic mass is 32.2. The molecule has 0 spiro atoms. The minimum absolute atomic E-state index is 0.206. The molecule has 0 bridgehead atoms. The summed E-state index contributed by atoms with van der Waals surface area (Å²) in [4.78, 5) is 28.6. The molecule has 1 fully saturated rings. The maximum Gasteiger partial charge on any atom is 0.416 e. The largest absolute Gasteiger partial charge is 0.416 e. The van der Waals surface area contributed by atoms with E-state index in [-0.39, 0.29) is 21.2 Å². The van der Waals surface area contributed by atoms with Crippen LogP contribution in [0.5, 0.6) is 0 Å². The van der Waals surface area contributed by atoms with E-state index in [4.69, 9.17) is 30.8 Å². The van der Waals surface area contributed by atoms with E-state index in [1.54, 1.807) is 0 Å². The third-order valence-electron chi connectivity index (χ3n) is 6.89. The van der Waals surface area contributed by atoms with Gasteiger partial charge in [-0.2, -0.15) is 13.2 Å². The lowest BCUT2D eigenvalue weighted by molar-refractivity contribution is -0.138. The Morgan fingerprint density at radius 2 is 1.74 bits per heavy atom. The molecule has 0 unspecified atom stereocenters. The number of pyridine rings is 1. The van der Waals surface area contributed by atoms with E-state index in [0.717, 1.165) is 7.11 Å². The summed E-state index contributed by atoms with van der Waals surface area (Å²) in [6.07, 6.45) is -14.9. The average molecular weight is 778 g/mol. The number of nitrogens with zero attached hydrogens (tertiary/aromatic N) is 3. The number of benzene rings is 4. The maximum atomic E-state index is 16.0. The zero-order valence-corrected chi connectivity index (χ0v) is 27.8. The van der Waals surface area contributed by atoms with Crippen LogP contribution in [-0.2, 0) is 34.5 Å². The number of fused-ring (bicyclic) bond motifs is 1. The fraction of sp³-hybridized carbons (Fsp3) is 0.317. The van der Waals surface area contributed by atoms with E-state index in [0.29, 0.717) is 6.92 Å². The molecule has 278 valence electrons. The smallest absolute Gasteiger partial charge is 0.383 e. The minimum Gasteiger partial charge on any atom is -0.383 e. The third-order valence-corrected chi connectivity index (χ3v) is 7.88. The Hall–Kier alpha value is -4.52. The van der Waals surface area contributed by atoms with E-state index >= 15 is 9.18 Å². The van der Waals surface area contributed by atoms with Gasteiger partial charge in [0.1, 0.15) is 6.50 Å². The number of alkyl halides is 3. The lowest BCUT2D eigenvalue weighted by Gasteiger charge is -2.39. The molecule has 6 rings (SSSR count). The molecule has 0 atom stereocenters. The highest BCUT2D eigenvalue weighted by Crippen LogP contribution is 2.34. The van der Waals surface area contributed by atoms with Crippen molar-refractivity contribution < 1.29 is 69.9 Å². The SMILES string of the molecule is [2H]c1c([2H])c(F)c(F)c(CSc2c([2H])c(=O)c3c([2H])c([2H])c([2H])c([2H])c3n2C([2H])([2H])C(=O)N(C([2H])([2H])c2c([2H])c([2H])c(-c3c([2H])c([2H])c(C(F)(F)F)c(C)c3[2H])c([2H])c2[2H])C2([2H])C([2H])([2H])C([2H])([2H])N(CCOC)C([2H])([2H])C2([2H])[2H])c1[2H]. The first-order chi connectivity index (χ1) is 36.6. The first-order valence-electron chi connectivity index (χ1n) is 28.8. The number of para-hydroxylation sites is 1. The summed E-state index contributed by atoms with van der Waals surface area (Å²) in [5.41, 5.74) is -12.0. The Labute approximate surface area is 348 Å². The molecule has 2 heterocycles. The number of carbonyl (C=O) groups excluding carboxylic acids is 1. The van der Waals surface area contributed by atoms with Crippen molar-refractivity contribution in [3.8, 4) is 11.1 Å². The van der Waals surface area contributed by atoms with Gasteiger partial charge in [0.05, 0.1) is 50.1 Å². The van der Waals surface area contributed by atoms with E-state index in [2.05, 4.69) is 0 Å². The first-order valence-corrected chi connectivity index (χ1v) is 15.7. The number of halogens is 5. The highest BCUT2D eigenvalue weighted by Gasteiger charge is 2.32. The van der Waals surface area contributed by atoms with Gasteiger partial charge in [-0.25, -0.2) is 8.78 Å². The number of piperidine rings is 1. The van der Waals surface area contributed by atoms with Crippen molar-refractivity contribution in [3.05, 3.63) is 135 Å². The molecule has 0 radical (unpaired) electrons. The third kappa shape index (κ3) is 9.00. The van der Waals surface area contributed by atoms with Crippen LogP contribution in [0.3, 0.4) is 0 Å². The van der Waals surface area contributed by atoms with Crippen LogP contribution in [0.25, 0.3) is 22.0 Å². The van der Waals surface area contributed by atoms with E-state index < -0.39 is 238 Å². The van der Waals surface area contributed by atoms with Gasteiger partial charge in [0.2, 0.25) is 5.91 Å². The molecular formula is C41H40F5N3O3S. The topological polar surface area (TPSA) is 54.8 Å². The van der Waals surface area contributed by atoms with Crippen molar-refractivity contribution in [2.75, 3.05) is 33.3 Å². The number of methoxy groups -OCH3 is 1. The van der Waals surface area contributed by atoms with Gasteiger partial charge in [-0.15, -0.1) is 11.8 Å². The summed E-state index contributed by atoms with van der Waals surface area (Å²) < 4.78 is 327. The molecule has 0 saturated carbocycles. The van der Waals surface area contributed by atoms with Crippen LogP contribution < -0.4 is 5.43 Å². The van der Waals surface area contributed by atoms with Gasteiger partial charge in [-0.05, 0) is 66.1 Å². The van der Waals surface area contributed by atoms with Gasteiger partial charge in [-0.3, -0.25) is 9.59 Å². The lowest BCUT2D eigenvalue weighted by Crippen LogP contribution is -2.48. The number of likely N-dealkylation sites (tertiary alicyclic amines) is 1. The fourth-order valence-electron chi connectivity index (χ4n) is 4.38. The molecule has 1 aliphatic heterocycles. The van der Waals surface area contributed by atoms with Crippen LogP contribution >= 0.6 is 11.8 Å². The number of rotatable bonds is 12. The molecule has 1 saturated heterocycles. The van der Waals surface area contributed by atoms with Crippen LogP contribution in [-0.4, -0.2) is 59.5 Å². The number of aromatic nitrogens is 1. The Bertz CT molecular complexity index is 3470. The number of hydrogen-bond acceptors (Lipinski definition) is 5. The van der Waals surface area contributed by atoms with Crippen molar-refractivity contribution in [3.63, 3.8) is 0 Å². The second-order valence-electron chi connectivity index (χ2n) is 10.4. The quantitative estimate of drug-likeness (QED) is 0.0938. The molecule has 53 heavy (non-hydrogen) atoms. The second kappa shape index (κ2) is 16.7. The molecule has 0 N–H and O–H groups in total. The molecule has 12 heteroatoms. The zero-order valence-electron chi connectivity index (χ0n) is 55.0. The maximum absolute atomic E-state index is 16.0. The van der Waals surface area contributed by atoms with E-state index in [9.17, 15) is 34.7 Å². The Kier molecular flexibility index (Phi) is 5.17. The minimum atomic E-state index is -5.40.